The van der Waals surface area contributed by atoms with Gasteiger partial charge in [0, 0.05) is 5.25 Å². The van der Waals surface area contributed by atoms with Crippen LogP contribution >= 0.6 is 11.8 Å². The first-order chi connectivity index (χ1) is 5.75. The normalized spacial score (nSPS) is 25.3. The molecule has 12 heavy (non-hydrogen) atoms. The minimum Gasteiger partial charge on any atom is -0.466 e. The zero-order valence-electron chi connectivity index (χ0n) is 7.71. The highest BCUT2D eigenvalue weighted by Gasteiger charge is 2.28. The summed E-state index contributed by atoms with van der Waals surface area (Å²) in [6.07, 6.45) is 2.42. The quantitative estimate of drug-likeness (QED) is 0.634. The highest BCUT2D eigenvalue weighted by Crippen LogP contribution is 2.32. The van der Waals surface area contributed by atoms with E-state index in [0.29, 0.717) is 11.9 Å². The Morgan fingerprint density at radius 1 is 1.75 bits per heavy atom. The third-order valence-electron chi connectivity index (χ3n) is 2.18. The van der Waals surface area contributed by atoms with Gasteiger partial charge in [-0.3, -0.25) is 4.79 Å². The molecule has 1 rings (SSSR count). The van der Waals surface area contributed by atoms with Crippen molar-refractivity contribution in [1.29, 1.82) is 0 Å². The van der Waals surface area contributed by atoms with Gasteiger partial charge in [0.1, 0.15) is 0 Å². The first-order valence-corrected chi connectivity index (χ1v) is 5.58. The standard InChI is InChI=1S/C9H16O2S/c1-3-11-9(10)7(2)8-5-4-6-12-8/h7-8H,3-6H2,1-2H3. The van der Waals surface area contributed by atoms with Crippen LogP contribution in [0.4, 0.5) is 0 Å². The van der Waals surface area contributed by atoms with Crippen LogP contribution in [0.1, 0.15) is 26.7 Å². The van der Waals surface area contributed by atoms with E-state index in [-0.39, 0.29) is 11.9 Å². The van der Waals surface area contributed by atoms with Crippen LogP contribution in [-0.4, -0.2) is 23.6 Å². The summed E-state index contributed by atoms with van der Waals surface area (Å²) in [4.78, 5) is 11.3. The molecule has 3 heteroatoms. The molecule has 70 valence electrons. The van der Waals surface area contributed by atoms with Crippen molar-refractivity contribution >= 4 is 17.7 Å². The SMILES string of the molecule is CCOC(=O)C(C)C1CCCS1. The fourth-order valence-electron chi connectivity index (χ4n) is 1.42. The van der Waals surface area contributed by atoms with Crippen LogP contribution in [0.5, 0.6) is 0 Å². The molecule has 0 spiro atoms. The maximum Gasteiger partial charge on any atom is 0.309 e. The van der Waals surface area contributed by atoms with Gasteiger partial charge in [-0.25, -0.2) is 0 Å². The van der Waals surface area contributed by atoms with Gasteiger partial charge in [0.25, 0.3) is 0 Å². The number of hydrogen-bond donors (Lipinski definition) is 0. The van der Waals surface area contributed by atoms with Crippen LogP contribution in [0.3, 0.4) is 0 Å². The Bertz CT molecular complexity index is 153. The second kappa shape index (κ2) is 4.75. The Morgan fingerprint density at radius 3 is 3.00 bits per heavy atom. The number of hydrogen-bond acceptors (Lipinski definition) is 3. The van der Waals surface area contributed by atoms with E-state index < -0.39 is 0 Å². The van der Waals surface area contributed by atoms with Crippen molar-refractivity contribution in [3.8, 4) is 0 Å². The van der Waals surface area contributed by atoms with Crippen molar-refractivity contribution in [3.05, 3.63) is 0 Å². The van der Waals surface area contributed by atoms with Crippen molar-refractivity contribution in [2.75, 3.05) is 12.4 Å². The lowest BCUT2D eigenvalue weighted by Gasteiger charge is -2.15. The lowest BCUT2D eigenvalue weighted by Crippen LogP contribution is -2.23. The highest BCUT2D eigenvalue weighted by molar-refractivity contribution is 8.00. The molecule has 0 radical (unpaired) electrons. The van der Waals surface area contributed by atoms with Gasteiger partial charge >= 0.3 is 5.97 Å². The fourth-order valence-corrected chi connectivity index (χ4v) is 2.79. The number of ether oxygens (including phenoxy) is 1. The molecule has 0 aromatic carbocycles. The molecule has 0 amide bonds. The number of esters is 1. The molecule has 2 atom stereocenters. The van der Waals surface area contributed by atoms with E-state index in [1.807, 2.05) is 25.6 Å². The molecule has 0 aromatic heterocycles. The summed E-state index contributed by atoms with van der Waals surface area (Å²) in [5.74, 6) is 1.25. The van der Waals surface area contributed by atoms with E-state index in [1.54, 1.807) is 0 Å². The number of rotatable bonds is 3. The van der Waals surface area contributed by atoms with Crippen molar-refractivity contribution in [1.82, 2.24) is 0 Å². The second-order valence-electron chi connectivity index (χ2n) is 3.09. The third kappa shape index (κ3) is 2.41. The molecule has 0 aliphatic carbocycles. The third-order valence-corrected chi connectivity index (χ3v) is 3.78. The van der Waals surface area contributed by atoms with E-state index >= 15 is 0 Å². The summed E-state index contributed by atoms with van der Waals surface area (Å²) in [6, 6.07) is 0. The Morgan fingerprint density at radius 2 is 2.50 bits per heavy atom. The van der Waals surface area contributed by atoms with Crippen LogP contribution in [0.25, 0.3) is 0 Å². The van der Waals surface area contributed by atoms with Crippen LogP contribution in [-0.2, 0) is 9.53 Å². The highest BCUT2D eigenvalue weighted by atomic mass is 32.2. The predicted octanol–water partition coefficient (Wildman–Crippen LogP) is 2.08. The summed E-state index contributed by atoms with van der Waals surface area (Å²) in [7, 11) is 0. The van der Waals surface area contributed by atoms with Gasteiger partial charge in [-0.1, -0.05) is 6.92 Å². The summed E-state index contributed by atoms with van der Waals surface area (Å²) < 4.78 is 4.96. The number of thioether (sulfide) groups is 1. The number of carbonyl (C=O) groups is 1. The molecule has 1 fully saturated rings. The summed E-state index contributed by atoms with van der Waals surface area (Å²) in [6.45, 7) is 4.33. The molecule has 1 saturated heterocycles. The first-order valence-electron chi connectivity index (χ1n) is 4.54. The van der Waals surface area contributed by atoms with E-state index in [2.05, 4.69) is 0 Å². The van der Waals surface area contributed by atoms with E-state index in [9.17, 15) is 4.79 Å². The Labute approximate surface area is 78.1 Å². The topological polar surface area (TPSA) is 26.3 Å². The molecule has 0 bridgehead atoms. The maximum absolute atomic E-state index is 11.3. The molecular weight excluding hydrogens is 172 g/mol. The monoisotopic (exact) mass is 188 g/mol. The van der Waals surface area contributed by atoms with Crippen molar-refractivity contribution in [3.63, 3.8) is 0 Å². The smallest absolute Gasteiger partial charge is 0.309 e. The summed E-state index contributed by atoms with van der Waals surface area (Å²) in [5, 5.41) is 0.504. The van der Waals surface area contributed by atoms with Gasteiger partial charge in [-0.2, -0.15) is 11.8 Å². The van der Waals surface area contributed by atoms with E-state index in [1.165, 1.54) is 18.6 Å². The first kappa shape index (κ1) is 9.90. The van der Waals surface area contributed by atoms with Gasteiger partial charge < -0.3 is 4.74 Å². The Kier molecular flexibility index (Phi) is 3.92. The van der Waals surface area contributed by atoms with Gasteiger partial charge in [-0.05, 0) is 25.5 Å². The lowest BCUT2D eigenvalue weighted by molar-refractivity contribution is -0.147. The van der Waals surface area contributed by atoms with Crippen LogP contribution in [0.2, 0.25) is 0 Å². The molecular formula is C9H16O2S. The van der Waals surface area contributed by atoms with E-state index in [0.717, 1.165) is 0 Å². The summed E-state index contributed by atoms with van der Waals surface area (Å²) >= 11 is 1.90. The van der Waals surface area contributed by atoms with E-state index in [4.69, 9.17) is 4.74 Å². The molecule has 1 heterocycles. The number of carbonyl (C=O) groups excluding carboxylic acids is 1. The van der Waals surface area contributed by atoms with Gasteiger partial charge in [0.2, 0.25) is 0 Å². The molecule has 0 saturated carbocycles. The minimum atomic E-state index is -0.0306. The van der Waals surface area contributed by atoms with Crippen molar-refractivity contribution in [2.45, 2.75) is 31.9 Å². The zero-order chi connectivity index (χ0) is 8.97. The molecule has 1 aliphatic heterocycles. The maximum atomic E-state index is 11.3. The molecule has 2 nitrogen and oxygen atoms in total. The largest absolute Gasteiger partial charge is 0.466 e. The van der Waals surface area contributed by atoms with Crippen LogP contribution < -0.4 is 0 Å². The van der Waals surface area contributed by atoms with Crippen molar-refractivity contribution < 1.29 is 9.53 Å². The fraction of sp³-hybridized carbons (Fsp3) is 0.889. The Hall–Kier alpha value is -0.180. The molecule has 2 unspecified atom stereocenters. The second-order valence-corrected chi connectivity index (χ2v) is 4.44. The minimum absolute atomic E-state index is 0.0306. The van der Waals surface area contributed by atoms with Gasteiger partial charge in [-0.15, -0.1) is 0 Å². The van der Waals surface area contributed by atoms with Crippen LogP contribution in [0, 0.1) is 5.92 Å². The predicted molar refractivity (Wildman–Crippen MR) is 51.3 cm³/mol. The van der Waals surface area contributed by atoms with Crippen molar-refractivity contribution in [2.24, 2.45) is 5.92 Å². The molecule has 1 aliphatic rings. The lowest BCUT2D eigenvalue weighted by atomic mass is 10.0. The Balaban J connectivity index is 2.34. The zero-order valence-corrected chi connectivity index (χ0v) is 8.52. The molecule has 0 aromatic rings. The van der Waals surface area contributed by atoms with Gasteiger partial charge in [0.15, 0.2) is 0 Å². The summed E-state index contributed by atoms with van der Waals surface area (Å²) in [5.41, 5.74) is 0. The van der Waals surface area contributed by atoms with Crippen LogP contribution in [0.15, 0.2) is 0 Å². The average Bonchev–Trinajstić information content (AvgIpc) is 2.55. The average molecular weight is 188 g/mol. The molecule has 0 N–H and O–H groups in total. The van der Waals surface area contributed by atoms with Gasteiger partial charge in [0.05, 0.1) is 12.5 Å².